The molecule has 0 aliphatic carbocycles. The van der Waals surface area contributed by atoms with Gasteiger partial charge in [0.25, 0.3) is 5.91 Å². The van der Waals surface area contributed by atoms with Gasteiger partial charge in [-0.2, -0.15) is 0 Å². The highest BCUT2D eigenvalue weighted by Gasteiger charge is 2.07. The van der Waals surface area contributed by atoms with Crippen LogP contribution in [0.5, 0.6) is 0 Å². The third-order valence-electron chi connectivity index (χ3n) is 2.07. The number of amides is 1. The van der Waals surface area contributed by atoms with Gasteiger partial charge in [-0.15, -0.1) is 0 Å². The summed E-state index contributed by atoms with van der Waals surface area (Å²) in [5.74, 6) is -0.137. The van der Waals surface area contributed by atoms with E-state index in [0.717, 1.165) is 6.42 Å². The molecule has 0 unspecified atom stereocenters. The molecule has 0 radical (unpaired) electrons. The van der Waals surface area contributed by atoms with E-state index in [0.29, 0.717) is 30.3 Å². The number of nitrogens with one attached hydrogen (secondary N) is 1. The van der Waals surface area contributed by atoms with Crippen LogP contribution in [-0.4, -0.2) is 25.7 Å². The maximum absolute atomic E-state index is 11.7. The fraction of sp³-hybridized carbons (Fsp3) is 0.417. The van der Waals surface area contributed by atoms with Crippen LogP contribution in [0.2, 0.25) is 5.02 Å². The lowest BCUT2D eigenvalue weighted by atomic mass is 10.2. The molecule has 16 heavy (non-hydrogen) atoms. The van der Waals surface area contributed by atoms with E-state index >= 15 is 0 Å². The molecule has 88 valence electrons. The number of hydrogen-bond donors (Lipinski definition) is 1. The van der Waals surface area contributed by atoms with Crippen LogP contribution in [0, 0.1) is 0 Å². The maximum atomic E-state index is 11.7. The summed E-state index contributed by atoms with van der Waals surface area (Å²) in [5, 5.41) is 3.27. The Balaban J connectivity index is 2.33. The summed E-state index contributed by atoms with van der Waals surface area (Å²) in [6, 6.07) is 7.01. The Morgan fingerprint density at radius 1 is 1.44 bits per heavy atom. The molecule has 1 N–H and O–H groups in total. The van der Waals surface area contributed by atoms with Gasteiger partial charge < -0.3 is 10.1 Å². The SMILES string of the molecule is CCOCCCNC(=O)c1ccccc1Cl. The molecule has 0 saturated heterocycles. The molecule has 0 bridgehead atoms. The number of rotatable bonds is 6. The van der Waals surface area contributed by atoms with E-state index in [1.807, 2.05) is 6.92 Å². The Morgan fingerprint density at radius 3 is 2.88 bits per heavy atom. The van der Waals surface area contributed by atoms with Crippen LogP contribution in [0.3, 0.4) is 0 Å². The third kappa shape index (κ3) is 4.21. The van der Waals surface area contributed by atoms with Crippen molar-refractivity contribution in [3.8, 4) is 0 Å². The Kier molecular flexibility index (Phi) is 5.90. The molecule has 1 amide bonds. The molecule has 1 rings (SSSR count). The smallest absolute Gasteiger partial charge is 0.252 e. The fourth-order valence-electron chi connectivity index (χ4n) is 1.26. The zero-order valence-electron chi connectivity index (χ0n) is 9.33. The molecule has 4 heteroatoms. The summed E-state index contributed by atoms with van der Waals surface area (Å²) < 4.78 is 5.17. The topological polar surface area (TPSA) is 38.3 Å². The number of benzene rings is 1. The molecular formula is C12H16ClNO2. The molecule has 1 aromatic carbocycles. The van der Waals surface area contributed by atoms with Gasteiger partial charge in [-0.05, 0) is 25.5 Å². The lowest BCUT2D eigenvalue weighted by molar-refractivity contribution is 0.0944. The number of ether oxygens (including phenoxy) is 1. The maximum Gasteiger partial charge on any atom is 0.252 e. The van der Waals surface area contributed by atoms with Crippen molar-refractivity contribution in [2.75, 3.05) is 19.8 Å². The highest BCUT2D eigenvalue weighted by atomic mass is 35.5. The van der Waals surface area contributed by atoms with Crippen LogP contribution in [0.1, 0.15) is 23.7 Å². The van der Waals surface area contributed by atoms with Gasteiger partial charge in [-0.25, -0.2) is 0 Å². The van der Waals surface area contributed by atoms with E-state index in [9.17, 15) is 4.79 Å². The molecule has 0 aliphatic heterocycles. The van der Waals surface area contributed by atoms with Crippen LogP contribution < -0.4 is 5.32 Å². The van der Waals surface area contributed by atoms with Crippen LogP contribution in [0.4, 0.5) is 0 Å². The van der Waals surface area contributed by atoms with Crippen molar-refractivity contribution in [1.29, 1.82) is 0 Å². The standard InChI is InChI=1S/C12H16ClNO2/c1-2-16-9-5-8-14-12(15)10-6-3-4-7-11(10)13/h3-4,6-7H,2,5,8-9H2,1H3,(H,14,15). The van der Waals surface area contributed by atoms with Gasteiger partial charge in [0.15, 0.2) is 0 Å². The van der Waals surface area contributed by atoms with Crippen molar-refractivity contribution >= 4 is 17.5 Å². The predicted octanol–water partition coefficient (Wildman–Crippen LogP) is 2.50. The molecule has 3 nitrogen and oxygen atoms in total. The summed E-state index contributed by atoms with van der Waals surface area (Å²) >= 11 is 5.90. The van der Waals surface area contributed by atoms with Gasteiger partial charge >= 0.3 is 0 Å². The molecule has 1 aromatic rings. The Labute approximate surface area is 101 Å². The first-order valence-corrected chi connectivity index (χ1v) is 5.74. The summed E-state index contributed by atoms with van der Waals surface area (Å²) in [5.41, 5.74) is 0.514. The van der Waals surface area contributed by atoms with E-state index in [-0.39, 0.29) is 5.91 Å². The lowest BCUT2D eigenvalue weighted by Gasteiger charge is -2.06. The van der Waals surface area contributed by atoms with Gasteiger partial charge in [0.2, 0.25) is 0 Å². The molecule has 0 aliphatic rings. The van der Waals surface area contributed by atoms with Crippen LogP contribution >= 0.6 is 11.6 Å². The van der Waals surface area contributed by atoms with Gasteiger partial charge in [0, 0.05) is 19.8 Å². The molecule has 0 heterocycles. The van der Waals surface area contributed by atoms with Crippen LogP contribution in [0.25, 0.3) is 0 Å². The second kappa shape index (κ2) is 7.25. The Hall–Kier alpha value is -1.06. The van der Waals surface area contributed by atoms with E-state index in [4.69, 9.17) is 16.3 Å². The van der Waals surface area contributed by atoms with Gasteiger partial charge in [0.05, 0.1) is 10.6 Å². The Morgan fingerprint density at radius 2 is 2.19 bits per heavy atom. The molecule has 0 fully saturated rings. The fourth-order valence-corrected chi connectivity index (χ4v) is 1.48. The van der Waals surface area contributed by atoms with E-state index in [1.54, 1.807) is 24.3 Å². The quantitative estimate of drug-likeness (QED) is 0.778. The molecule has 0 aromatic heterocycles. The van der Waals surface area contributed by atoms with Crippen molar-refractivity contribution < 1.29 is 9.53 Å². The summed E-state index contributed by atoms with van der Waals surface area (Å²) in [7, 11) is 0. The summed E-state index contributed by atoms with van der Waals surface area (Å²) in [4.78, 5) is 11.7. The van der Waals surface area contributed by atoms with E-state index < -0.39 is 0 Å². The average Bonchev–Trinajstić information content (AvgIpc) is 2.29. The summed E-state index contributed by atoms with van der Waals surface area (Å²) in [6.45, 7) is 3.92. The zero-order chi connectivity index (χ0) is 11.8. The number of carbonyl (C=O) groups excluding carboxylic acids is 1. The van der Waals surface area contributed by atoms with Crippen molar-refractivity contribution in [3.05, 3.63) is 34.9 Å². The van der Waals surface area contributed by atoms with Crippen molar-refractivity contribution in [1.82, 2.24) is 5.32 Å². The molecular weight excluding hydrogens is 226 g/mol. The Bertz CT molecular complexity index is 342. The van der Waals surface area contributed by atoms with Crippen molar-refractivity contribution in [3.63, 3.8) is 0 Å². The highest BCUT2D eigenvalue weighted by molar-refractivity contribution is 6.33. The third-order valence-corrected chi connectivity index (χ3v) is 2.40. The second-order valence-corrected chi connectivity index (χ2v) is 3.69. The minimum Gasteiger partial charge on any atom is -0.382 e. The first-order chi connectivity index (χ1) is 7.75. The number of halogens is 1. The second-order valence-electron chi connectivity index (χ2n) is 3.29. The predicted molar refractivity (Wildman–Crippen MR) is 64.9 cm³/mol. The van der Waals surface area contributed by atoms with Gasteiger partial charge in [-0.3, -0.25) is 4.79 Å². The number of carbonyl (C=O) groups is 1. The first-order valence-electron chi connectivity index (χ1n) is 5.36. The van der Waals surface area contributed by atoms with Gasteiger partial charge in [-0.1, -0.05) is 23.7 Å². The van der Waals surface area contributed by atoms with Crippen molar-refractivity contribution in [2.24, 2.45) is 0 Å². The average molecular weight is 242 g/mol. The van der Waals surface area contributed by atoms with Crippen molar-refractivity contribution in [2.45, 2.75) is 13.3 Å². The lowest BCUT2D eigenvalue weighted by Crippen LogP contribution is -2.25. The monoisotopic (exact) mass is 241 g/mol. The van der Waals surface area contributed by atoms with E-state index in [1.165, 1.54) is 0 Å². The summed E-state index contributed by atoms with van der Waals surface area (Å²) in [6.07, 6.45) is 0.810. The largest absolute Gasteiger partial charge is 0.382 e. The van der Waals surface area contributed by atoms with Gasteiger partial charge in [0.1, 0.15) is 0 Å². The highest BCUT2D eigenvalue weighted by Crippen LogP contribution is 2.14. The first kappa shape index (κ1) is 13.0. The molecule has 0 saturated carbocycles. The van der Waals surface area contributed by atoms with Crippen LogP contribution in [-0.2, 0) is 4.74 Å². The normalized spacial score (nSPS) is 10.1. The molecule has 0 atom stereocenters. The minimum absolute atomic E-state index is 0.137. The minimum atomic E-state index is -0.137. The zero-order valence-corrected chi connectivity index (χ0v) is 10.1. The molecule has 0 spiro atoms. The number of hydrogen-bond acceptors (Lipinski definition) is 2. The van der Waals surface area contributed by atoms with Crippen LogP contribution in [0.15, 0.2) is 24.3 Å². The van der Waals surface area contributed by atoms with E-state index in [2.05, 4.69) is 5.32 Å².